The van der Waals surface area contributed by atoms with Gasteiger partial charge in [-0.3, -0.25) is 0 Å². The third-order valence-electron chi connectivity index (χ3n) is 2.50. The van der Waals surface area contributed by atoms with E-state index in [-0.39, 0.29) is 12.6 Å². The van der Waals surface area contributed by atoms with Gasteiger partial charge in [0.05, 0.1) is 6.61 Å². The average molecular weight is 207 g/mol. The lowest BCUT2D eigenvalue weighted by atomic mass is 10.0. The minimum Gasteiger partial charge on any atom is -0.392 e. The Bertz CT molecular complexity index is 307. The second-order valence-corrected chi connectivity index (χ2v) is 4.35. The Kier molecular flexibility index (Phi) is 4.79. The fraction of sp³-hybridized carbons (Fsp3) is 0.538. The second-order valence-electron chi connectivity index (χ2n) is 4.35. The first-order valence-electron chi connectivity index (χ1n) is 5.57. The fourth-order valence-electron chi connectivity index (χ4n) is 1.81. The number of benzene rings is 1. The molecule has 0 unspecified atom stereocenters. The molecule has 0 saturated carbocycles. The molecule has 84 valence electrons. The molecular formula is C13H21NO. The maximum Gasteiger partial charge on any atom is 0.0682 e. The molecule has 0 spiro atoms. The van der Waals surface area contributed by atoms with E-state index < -0.39 is 0 Å². The van der Waals surface area contributed by atoms with Crippen LogP contribution in [0.3, 0.4) is 0 Å². The summed E-state index contributed by atoms with van der Waals surface area (Å²) < 4.78 is 0. The van der Waals surface area contributed by atoms with Crippen molar-refractivity contribution in [2.75, 3.05) is 0 Å². The summed E-state index contributed by atoms with van der Waals surface area (Å²) in [5, 5.41) is 9.08. The summed E-state index contributed by atoms with van der Waals surface area (Å²) in [6.45, 7) is 4.23. The number of aryl methyl sites for hydroxylation is 2. The van der Waals surface area contributed by atoms with Crippen LogP contribution in [-0.4, -0.2) is 11.1 Å². The van der Waals surface area contributed by atoms with Gasteiger partial charge in [-0.25, -0.2) is 0 Å². The molecule has 2 heteroatoms. The lowest BCUT2D eigenvalue weighted by Gasteiger charge is -2.07. The van der Waals surface area contributed by atoms with E-state index in [1.54, 1.807) is 0 Å². The van der Waals surface area contributed by atoms with E-state index in [4.69, 9.17) is 10.8 Å². The predicted molar refractivity (Wildman–Crippen MR) is 63.7 cm³/mol. The Labute approximate surface area is 92.1 Å². The van der Waals surface area contributed by atoms with Crippen LogP contribution < -0.4 is 5.73 Å². The smallest absolute Gasteiger partial charge is 0.0682 e. The van der Waals surface area contributed by atoms with E-state index in [2.05, 4.69) is 19.1 Å². The van der Waals surface area contributed by atoms with Crippen molar-refractivity contribution in [1.82, 2.24) is 0 Å². The molecule has 0 saturated heterocycles. The summed E-state index contributed by atoms with van der Waals surface area (Å²) in [5.74, 6) is 0. The molecule has 2 nitrogen and oxygen atoms in total. The van der Waals surface area contributed by atoms with Crippen molar-refractivity contribution in [3.63, 3.8) is 0 Å². The largest absolute Gasteiger partial charge is 0.392 e. The van der Waals surface area contributed by atoms with E-state index in [0.29, 0.717) is 0 Å². The van der Waals surface area contributed by atoms with E-state index >= 15 is 0 Å². The molecule has 0 radical (unpaired) electrons. The molecule has 1 atom stereocenters. The number of aliphatic hydroxyl groups is 1. The lowest BCUT2D eigenvalue weighted by Crippen LogP contribution is -2.14. The Morgan fingerprint density at radius 1 is 1.27 bits per heavy atom. The predicted octanol–water partition coefficient (Wildman–Crippen LogP) is 2.16. The van der Waals surface area contributed by atoms with E-state index in [1.165, 1.54) is 11.1 Å². The van der Waals surface area contributed by atoms with Crippen molar-refractivity contribution in [2.45, 2.75) is 45.8 Å². The Morgan fingerprint density at radius 2 is 1.93 bits per heavy atom. The van der Waals surface area contributed by atoms with Crippen LogP contribution in [0.1, 0.15) is 36.5 Å². The summed E-state index contributed by atoms with van der Waals surface area (Å²) in [6.07, 6.45) is 3.23. The van der Waals surface area contributed by atoms with Crippen LogP contribution in [0.25, 0.3) is 0 Å². The zero-order chi connectivity index (χ0) is 11.3. The van der Waals surface area contributed by atoms with E-state index in [0.717, 1.165) is 24.8 Å². The second kappa shape index (κ2) is 5.89. The highest BCUT2D eigenvalue weighted by Crippen LogP contribution is 2.12. The van der Waals surface area contributed by atoms with E-state index in [1.807, 2.05) is 13.0 Å². The lowest BCUT2D eigenvalue weighted by molar-refractivity contribution is 0.281. The quantitative estimate of drug-likeness (QED) is 0.777. The highest BCUT2D eigenvalue weighted by molar-refractivity contribution is 5.29. The van der Waals surface area contributed by atoms with Crippen LogP contribution in [0.15, 0.2) is 18.2 Å². The zero-order valence-corrected chi connectivity index (χ0v) is 9.66. The van der Waals surface area contributed by atoms with Gasteiger partial charge in [-0.15, -0.1) is 0 Å². The fourth-order valence-corrected chi connectivity index (χ4v) is 1.81. The van der Waals surface area contributed by atoms with Crippen LogP contribution in [0.2, 0.25) is 0 Å². The van der Waals surface area contributed by atoms with E-state index in [9.17, 15) is 0 Å². The summed E-state index contributed by atoms with van der Waals surface area (Å²) in [7, 11) is 0. The molecule has 0 aromatic heterocycles. The van der Waals surface area contributed by atoms with Crippen LogP contribution in [-0.2, 0) is 13.0 Å². The molecule has 1 aromatic carbocycles. The minimum absolute atomic E-state index is 0.127. The standard InChI is InChI=1S/C13H21NO/c1-10-6-12(5-3-4-11(2)14)8-13(7-10)9-15/h6-8,11,15H,3-5,9,14H2,1-2H3/t11-/m0/s1. The molecule has 3 N–H and O–H groups in total. The van der Waals surface area contributed by atoms with Gasteiger partial charge < -0.3 is 10.8 Å². The Morgan fingerprint density at radius 3 is 2.53 bits per heavy atom. The van der Waals surface area contributed by atoms with Crippen molar-refractivity contribution in [2.24, 2.45) is 5.73 Å². The van der Waals surface area contributed by atoms with Gasteiger partial charge in [0.25, 0.3) is 0 Å². The normalized spacial score (nSPS) is 12.8. The monoisotopic (exact) mass is 207 g/mol. The molecular weight excluding hydrogens is 186 g/mol. The highest BCUT2D eigenvalue weighted by atomic mass is 16.3. The number of hydrogen-bond donors (Lipinski definition) is 2. The van der Waals surface area contributed by atoms with Crippen molar-refractivity contribution < 1.29 is 5.11 Å². The summed E-state index contributed by atoms with van der Waals surface area (Å²) in [4.78, 5) is 0. The SMILES string of the molecule is Cc1cc(CO)cc(CCC[C@H](C)N)c1. The number of hydrogen-bond acceptors (Lipinski definition) is 2. The molecule has 15 heavy (non-hydrogen) atoms. The highest BCUT2D eigenvalue weighted by Gasteiger charge is 1.99. The van der Waals surface area contributed by atoms with Gasteiger partial charge in [0.1, 0.15) is 0 Å². The first-order chi connectivity index (χ1) is 7.11. The molecule has 0 fully saturated rings. The zero-order valence-electron chi connectivity index (χ0n) is 9.66. The van der Waals surface area contributed by atoms with Crippen molar-refractivity contribution in [3.05, 3.63) is 34.9 Å². The first kappa shape index (κ1) is 12.2. The topological polar surface area (TPSA) is 46.2 Å². The molecule has 0 aliphatic carbocycles. The van der Waals surface area contributed by atoms with Gasteiger partial charge >= 0.3 is 0 Å². The van der Waals surface area contributed by atoms with Gasteiger partial charge in [-0.05, 0) is 44.2 Å². The average Bonchev–Trinajstić information content (AvgIpc) is 2.16. The molecule has 0 aliphatic heterocycles. The third-order valence-corrected chi connectivity index (χ3v) is 2.50. The van der Waals surface area contributed by atoms with Crippen molar-refractivity contribution >= 4 is 0 Å². The van der Waals surface area contributed by atoms with Crippen LogP contribution in [0.5, 0.6) is 0 Å². The summed E-state index contributed by atoms with van der Waals surface area (Å²) >= 11 is 0. The van der Waals surface area contributed by atoms with Gasteiger partial charge in [-0.2, -0.15) is 0 Å². The van der Waals surface area contributed by atoms with Crippen LogP contribution in [0.4, 0.5) is 0 Å². The van der Waals surface area contributed by atoms with Crippen molar-refractivity contribution in [3.8, 4) is 0 Å². The Hall–Kier alpha value is -0.860. The summed E-state index contributed by atoms with van der Waals surface area (Å²) in [5.41, 5.74) is 9.23. The molecule has 0 heterocycles. The van der Waals surface area contributed by atoms with Gasteiger partial charge in [0.2, 0.25) is 0 Å². The molecule has 0 aliphatic rings. The summed E-state index contributed by atoms with van der Waals surface area (Å²) in [6, 6.07) is 6.57. The van der Waals surface area contributed by atoms with Gasteiger partial charge in [-0.1, -0.05) is 23.8 Å². The van der Waals surface area contributed by atoms with Gasteiger partial charge in [0.15, 0.2) is 0 Å². The number of nitrogens with two attached hydrogens (primary N) is 1. The first-order valence-corrected chi connectivity index (χ1v) is 5.57. The molecule has 0 bridgehead atoms. The molecule has 1 aromatic rings. The number of rotatable bonds is 5. The van der Waals surface area contributed by atoms with Crippen molar-refractivity contribution in [1.29, 1.82) is 0 Å². The maximum atomic E-state index is 9.08. The molecule has 1 rings (SSSR count). The Balaban J connectivity index is 2.56. The van der Waals surface area contributed by atoms with Crippen LogP contribution in [0, 0.1) is 6.92 Å². The van der Waals surface area contributed by atoms with Crippen LogP contribution >= 0.6 is 0 Å². The number of aliphatic hydroxyl groups excluding tert-OH is 1. The minimum atomic E-state index is 0.127. The molecule has 0 amide bonds. The third kappa shape index (κ3) is 4.45. The van der Waals surface area contributed by atoms with Gasteiger partial charge in [0, 0.05) is 6.04 Å². The maximum absolute atomic E-state index is 9.08.